The highest BCUT2D eigenvalue weighted by molar-refractivity contribution is 6.13. The van der Waals surface area contributed by atoms with Gasteiger partial charge < -0.3 is 4.42 Å². The average molecular weight is 522 g/mol. The maximum Gasteiger partial charge on any atom is 0.143 e. The van der Waals surface area contributed by atoms with E-state index in [0.29, 0.717) is 0 Å². The highest BCUT2D eigenvalue weighted by Crippen LogP contribution is 2.50. The summed E-state index contributed by atoms with van der Waals surface area (Å²) in [5.74, 6) is 0. The molecule has 0 aliphatic heterocycles. The van der Waals surface area contributed by atoms with Crippen LogP contribution in [-0.4, -0.2) is 4.98 Å². The van der Waals surface area contributed by atoms with E-state index in [1.807, 2.05) is 24.4 Å². The number of nitrogens with zero attached hydrogens (tertiary/aromatic N) is 1. The van der Waals surface area contributed by atoms with Gasteiger partial charge in [0, 0.05) is 27.9 Å². The molecule has 2 heterocycles. The van der Waals surface area contributed by atoms with Gasteiger partial charge in [0.05, 0.1) is 5.52 Å². The van der Waals surface area contributed by atoms with Gasteiger partial charge in [0.2, 0.25) is 0 Å². The summed E-state index contributed by atoms with van der Waals surface area (Å²) in [4.78, 5) is 4.71. The van der Waals surface area contributed by atoms with Gasteiger partial charge >= 0.3 is 0 Å². The minimum atomic E-state index is 0.914. The Morgan fingerprint density at radius 2 is 1.05 bits per heavy atom. The summed E-state index contributed by atoms with van der Waals surface area (Å²) in [5, 5.41) is 3.45. The summed E-state index contributed by atoms with van der Waals surface area (Å²) >= 11 is 0. The third-order valence-corrected chi connectivity index (χ3v) is 8.51. The molecular weight excluding hydrogens is 498 g/mol. The molecule has 0 unspecified atom stereocenters. The second-order valence-corrected chi connectivity index (χ2v) is 10.7. The molecule has 0 N–H and O–H groups in total. The standard InChI is InChI=1S/C39H23NO/c1-2-11-28-26(9-1)27-10-3-4-13-31(27)38-32(20-21-36-34(38)16-8-22-40-36)29-19-18-24(23-35(28)29)25-14-7-15-33-30-12-5-6-17-37(30)41-39(25)33/h1-23H. The van der Waals surface area contributed by atoms with E-state index in [1.165, 1.54) is 49.9 Å². The molecule has 0 bridgehead atoms. The number of hydrogen-bond acceptors (Lipinski definition) is 2. The molecule has 0 amide bonds. The van der Waals surface area contributed by atoms with Gasteiger partial charge in [0.25, 0.3) is 0 Å². The van der Waals surface area contributed by atoms with Crippen LogP contribution in [0.2, 0.25) is 0 Å². The Bertz CT molecular complexity index is 2320. The van der Waals surface area contributed by atoms with Gasteiger partial charge in [-0.3, -0.25) is 4.98 Å². The van der Waals surface area contributed by atoms with Gasteiger partial charge in [-0.1, -0.05) is 109 Å². The molecule has 0 spiro atoms. The van der Waals surface area contributed by atoms with Crippen LogP contribution >= 0.6 is 0 Å². The second-order valence-electron chi connectivity index (χ2n) is 10.7. The predicted octanol–water partition coefficient (Wildman–Crippen LogP) is 10.8. The number of pyridine rings is 1. The Morgan fingerprint density at radius 3 is 1.93 bits per heavy atom. The van der Waals surface area contributed by atoms with Crippen LogP contribution < -0.4 is 0 Å². The molecular formula is C39H23NO. The van der Waals surface area contributed by atoms with E-state index >= 15 is 0 Å². The molecule has 41 heavy (non-hydrogen) atoms. The lowest BCUT2D eigenvalue weighted by Gasteiger charge is -2.24. The molecule has 1 aliphatic rings. The summed E-state index contributed by atoms with van der Waals surface area (Å²) < 4.78 is 6.44. The highest BCUT2D eigenvalue weighted by Gasteiger charge is 2.24. The van der Waals surface area contributed by atoms with E-state index in [4.69, 9.17) is 9.40 Å². The zero-order valence-electron chi connectivity index (χ0n) is 22.1. The van der Waals surface area contributed by atoms with E-state index in [0.717, 1.165) is 38.6 Å². The van der Waals surface area contributed by atoms with Crippen molar-refractivity contribution in [2.24, 2.45) is 0 Å². The number of hydrogen-bond donors (Lipinski definition) is 0. The third kappa shape index (κ3) is 3.22. The first kappa shape index (κ1) is 22.4. The van der Waals surface area contributed by atoms with Gasteiger partial charge in [-0.15, -0.1) is 0 Å². The van der Waals surface area contributed by atoms with Gasteiger partial charge in [0.15, 0.2) is 0 Å². The van der Waals surface area contributed by atoms with Crippen LogP contribution in [0, 0.1) is 0 Å². The minimum Gasteiger partial charge on any atom is -0.455 e. The molecule has 9 rings (SSSR count). The van der Waals surface area contributed by atoms with Gasteiger partial charge in [-0.25, -0.2) is 0 Å². The van der Waals surface area contributed by atoms with Gasteiger partial charge in [-0.05, 0) is 74.3 Å². The zero-order chi connectivity index (χ0) is 26.9. The SMILES string of the molecule is c1ccc2c(c1)-c1cc(-c3cccc4c3oc3ccccc34)ccc1-c1ccc3ncccc3c1-c1ccccc1-2. The molecule has 8 aromatic rings. The Kier molecular flexibility index (Phi) is 4.64. The summed E-state index contributed by atoms with van der Waals surface area (Å²) in [5.41, 5.74) is 14.9. The second kappa shape index (κ2) is 8.51. The predicted molar refractivity (Wildman–Crippen MR) is 170 cm³/mol. The maximum absolute atomic E-state index is 6.44. The molecule has 2 aromatic heterocycles. The largest absolute Gasteiger partial charge is 0.455 e. The lowest BCUT2D eigenvalue weighted by Crippen LogP contribution is -1.98. The normalized spacial score (nSPS) is 11.9. The molecule has 1 aliphatic carbocycles. The Balaban J connectivity index is 1.39. The lowest BCUT2D eigenvalue weighted by atomic mass is 9.79. The number of benzene rings is 6. The monoisotopic (exact) mass is 521 g/mol. The molecule has 0 saturated heterocycles. The van der Waals surface area contributed by atoms with Crippen LogP contribution in [0.15, 0.2) is 144 Å². The number of furan rings is 1. The van der Waals surface area contributed by atoms with E-state index < -0.39 is 0 Å². The zero-order valence-corrected chi connectivity index (χ0v) is 22.1. The van der Waals surface area contributed by atoms with Crippen LogP contribution in [0.3, 0.4) is 0 Å². The molecule has 0 atom stereocenters. The van der Waals surface area contributed by atoms with Crippen LogP contribution in [-0.2, 0) is 0 Å². The molecule has 190 valence electrons. The van der Waals surface area contributed by atoms with E-state index in [2.05, 4.69) is 115 Å². The molecule has 2 nitrogen and oxygen atoms in total. The Labute approximate surface area is 237 Å². The van der Waals surface area contributed by atoms with Crippen molar-refractivity contribution in [2.75, 3.05) is 0 Å². The maximum atomic E-state index is 6.44. The van der Waals surface area contributed by atoms with Gasteiger partial charge in [0.1, 0.15) is 11.2 Å². The number of aromatic nitrogens is 1. The van der Waals surface area contributed by atoms with Crippen molar-refractivity contribution in [3.8, 4) is 55.6 Å². The summed E-state index contributed by atoms with van der Waals surface area (Å²) in [6.45, 7) is 0. The fourth-order valence-electron chi connectivity index (χ4n) is 6.70. The quantitative estimate of drug-likeness (QED) is 0.215. The number of fused-ring (bicyclic) bond motifs is 13. The highest BCUT2D eigenvalue weighted by atomic mass is 16.3. The minimum absolute atomic E-state index is 0.914. The first-order valence-corrected chi connectivity index (χ1v) is 14.0. The summed E-state index contributed by atoms with van der Waals surface area (Å²) in [6, 6.07) is 47.8. The summed E-state index contributed by atoms with van der Waals surface area (Å²) in [6.07, 6.45) is 1.87. The van der Waals surface area contributed by atoms with Crippen molar-refractivity contribution in [1.82, 2.24) is 4.98 Å². The van der Waals surface area contributed by atoms with Crippen LogP contribution in [0.5, 0.6) is 0 Å². The van der Waals surface area contributed by atoms with Crippen molar-refractivity contribution in [2.45, 2.75) is 0 Å². The molecule has 0 fully saturated rings. The van der Waals surface area contributed by atoms with Crippen molar-refractivity contribution in [3.63, 3.8) is 0 Å². The topological polar surface area (TPSA) is 26.0 Å². The van der Waals surface area contributed by atoms with Crippen molar-refractivity contribution >= 4 is 32.8 Å². The third-order valence-electron chi connectivity index (χ3n) is 8.51. The van der Waals surface area contributed by atoms with Crippen LogP contribution in [0.25, 0.3) is 88.5 Å². The van der Waals surface area contributed by atoms with Crippen molar-refractivity contribution < 1.29 is 4.42 Å². The number of rotatable bonds is 1. The van der Waals surface area contributed by atoms with Crippen LogP contribution in [0.1, 0.15) is 0 Å². The first-order chi connectivity index (χ1) is 20.3. The molecule has 0 radical (unpaired) electrons. The summed E-state index contributed by atoms with van der Waals surface area (Å²) in [7, 11) is 0. The smallest absolute Gasteiger partial charge is 0.143 e. The van der Waals surface area contributed by atoms with E-state index in [1.54, 1.807) is 0 Å². The van der Waals surface area contributed by atoms with Gasteiger partial charge in [-0.2, -0.15) is 0 Å². The van der Waals surface area contributed by atoms with E-state index in [9.17, 15) is 0 Å². The molecule has 6 aromatic carbocycles. The fourth-order valence-corrected chi connectivity index (χ4v) is 6.70. The average Bonchev–Trinajstić information content (AvgIpc) is 3.42. The fraction of sp³-hybridized carbons (Fsp3) is 0. The molecule has 0 saturated carbocycles. The Hall–Kier alpha value is -5.47. The molecule has 2 heteroatoms. The van der Waals surface area contributed by atoms with Crippen LogP contribution in [0.4, 0.5) is 0 Å². The van der Waals surface area contributed by atoms with Crippen molar-refractivity contribution in [3.05, 3.63) is 140 Å². The van der Waals surface area contributed by atoms with Crippen molar-refractivity contribution in [1.29, 1.82) is 0 Å². The number of para-hydroxylation sites is 2. The Morgan fingerprint density at radius 1 is 0.415 bits per heavy atom. The lowest BCUT2D eigenvalue weighted by molar-refractivity contribution is 0.670. The van der Waals surface area contributed by atoms with E-state index in [-0.39, 0.29) is 0 Å². The first-order valence-electron chi connectivity index (χ1n) is 14.0.